The third kappa shape index (κ3) is 3.84. The Morgan fingerprint density at radius 3 is 2.60 bits per heavy atom. The van der Waals surface area contributed by atoms with Crippen molar-refractivity contribution < 1.29 is 8.42 Å². The summed E-state index contributed by atoms with van der Waals surface area (Å²) in [7, 11) is -3.59. The quantitative estimate of drug-likeness (QED) is 0.838. The maximum Gasteiger partial charge on any atom is 0.244 e. The zero-order valence-corrected chi connectivity index (χ0v) is 13.7. The molecule has 7 heteroatoms. The maximum absolute atomic E-state index is 12.7. The molecule has 1 atom stereocenters. The third-order valence-electron chi connectivity index (χ3n) is 3.27. The minimum absolute atomic E-state index is 0.0668. The molecule has 0 spiro atoms. The molecule has 1 heterocycles. The van der Waals surface area contributed by atoms with Gasteiger partial charge >= 0.3 is 0 Å². The Balaban J connectivity index is 3.17. The van der Waals surface area contributed by atoms with Crippen LogP contribution in [0, 0.1) is 0 Å². The number of halogens is 1. The lowest BCUT2D eigenvalue weighted by Gasteiger charge is -2.27. The topological polar surface area (TPSA) is 76.3 Å². The molecule has 0 radical (unpaired) electrons. The second-order valence-electron chi connectivity index (χ2n) is 4.76. The van der Waals surface area contributed by atoms with Crippen LogP contribution in [0.15, 0.2) is 17.2 Å². The molecular weight excluding hydrogens is 298 g/mol. The van der Waals surface area contributed by atoms with Crippen LogP contribution in [-0.4, -0.2) is 30.3 Å². The molecular formula is C13H22ClN3O2S. The Hall–Kier alpha value is -0.850. The number of nitrogens with two attached hydrogens (primary N) is 1. The predicted octanol–water partition coefficient (Wildman–Crippen LogP) is 2.91. The van der Waals surface area contributed by atoms with Crippen molar-refractivity contribution in [3.63, 3.8) is 0 Å². The van der Waals surface area contributed by atoms with Gasteiger partial charge in [-0.1, -0.05) is 31.9 Å². The summed E-state index contributed by atoms with van der Waals surface area (Å²) >= 11 is 5.87. The van der Waals surface area contributed by atoms with E-state index < -0.39 is 10.0 Å². The number of pyridine rings is 1. The predicted molar refractivity (Wildman–Crippen MR) is 82.2 cm³/mol. The van der Waals surface area contributed by atoms with Crippen LogP contribution in [-0.2, 0) is 10.0 Å². The Morgan fingerprint density at radius 2 is 2.10 bits per heavy atom. The van der Waals surface area contributed by atoms with E-state index in [0.29, 0.717) is 6.54 Å². The number of nitrogens with zero attached hydrogens (tertiary/aromatic N) is 2. The molecule has 114 valence electrons. The van der Waals surface area contributed by atoms with Gasteiger partial charge in [0.25, 0.3) is 0 Å². The molecule has 1 aromatic rings. The molecule has 1 unspecified atom stereocenters. The van der Waals surface area contributed by atoms with Crippen LogP contribution in [0.2, 0.25) is 5.02 Å². The minimum Gasteiger partial charge on any atom is -0.382 e. The standard InChI is InChI=1S/C13H22ClN3O2S/c1-4-6-7-17(10(3)5-2)20(18,19)11-8-12(14)13(15)16-9-11/h8-10H,4-7H2,1-3H3,(H2,15,16). The molecule has 1 aromatic heterocycles. The monoisotopic (exact) mass is 319 g/mol. The van der Waals surface area contributed by atoms with Crippen LogP contribution in [0.1, 0.15) is 40.0 Å². The second kappa shape index (κ2) is 7.24. The normalized spacial score (nSPS) is 13.7. The van der Waals surface area contributed by atoms with Crippen LogP contribution in [0.25, 0.3) is 0 Å². The number of sulfonamides is 1. The molecule has 0 amide bonds. The number of nitrogen functional groups attached to an aromatic ring is 1. The highest BCUT2D eigenvalue weighted by Gasteiger charge is 2.28. The first-order chi connectivity index (χ1) is 9.34. The Bertz CT molecular complexity index is 549. The number of hydrogen-bond acceptors (Lipinski definition) is 4. The van der Waals surface area contributed by atoms with E-state index in [-0.39, 0.29) is 21.8 Å². The van der Waals surface area contributed by atoms with Gasteiger partial charge in [-0.25, -0.2) is 13.4 Å². The van der Waals surface area contributed by atoms with Crippen LogP contribution in [0.3, 0.4) is 0 Å². The smallest absolute Gasteiger partial charge is 0.244 e. The summed E-state index contributed by atoms with van der Waals surface area (Å²) in [5.41, 5.74) is 5.52. The van der Waals surface area contributed by atoms with E-state index in [1.807, 2.05) is 20.8 Å². The Morgan fingerprint density at radius 1 is 1.45 bits per heavy atom. The molecule has 0 saturated carbocycles. The summed E-state index contributed by atoms with van der Waals surface area (Å²) in [5.74, 6) is 0.134. The van der Waals surface area contributed by atoms with Crippen LogP contribution in [0.4, 0.5) is 5.82 Å². The molecule has 20 heavy (non-hydrogen) atoms. The lowest BCUT2D eigenvalue weighted by Crippen LogP contribution is -2.39. The Labute approximate surface area is 126 Å². The molecule has 0 aromatic carbocycles. The first-order valence-electron chi connectivity index (χ1n) is 6.77. The van der Waals surface area contributed by atoms with Gasteiger partial charge in [-0.15, -0.1) is 0 Å². The second-order valence-corrected chi connectivity index (χ2v) is 7.06. The fourth-order valence-electron chi connectivity index (χ4n) is 1.80. The number of rotatable bonds is 7. The lowest BCUT2D eigenvalue weighted by atomic mass is 10.2. The number of hydrogen-bond donors (Lipinski definition) is 1. The largest absolute Gasteiger partial charge is 0.382 e. The van der Waals surface area contributed by atoms with E-state index in [0.717, 1.165) is 19.3 Å². The lowest BCUT2D eigenvalue weighted by molar-refractivity contribution is 0.324. The average Bonchev–Trinajstić information content (AvgIpc) is 2.41. The highest BCUT2D eigenvalue weighted by Crippen LogP contribution is 2.24. The molecule has 0 aliphatic carbocycles. The Kier molecular flexibility index (Phi) is 6.23. The van der Waals surface area contributed by atoms with Gasteiger partial charge in [0.1, 0.15) is 10.7 Å². The van der Waals surface area contributed by atoms with Gasteiger partial charge in [0.2, 0.25) is 10.0 Å². The maximum atomic E-state index is 12.7. The van der Waals surface area contributed by atoms with Gasteiger partial charge in [-0.05, 0) is 25.8 Å². The number of unbranched alkanes of at least 4 members (excludes halogenated alkanes) is 1. The molecule has 0 fully saturated rings. The zero-order chi connectivity index (χ0) is 15.3. The highest BCUT2D eigenvalue weighted by atomic mass is 35.5. The van der Waals surface area contributed by atoms with E-state index in [9.17, 15) is 8.42 Å². The van der Waals surface area contributed by atoms with E-state index >= 15 is 0 Å². The molecule has 1 rings (SSSR count). The van der Waals surface area contributed by atoms with Gasteiger partial charge in [-0.2, -0.15) is 4.31 Å². The summed E-state index contributed by atoms with van der Waals surface area (Å²) in [5, 5.41) is 0.158. The first-order valence-corrected chi connectivity index (χ1v) is 8.59. The van der Waals surface area contributed by atoms with Crippen molar-refractivity contribution in [3.05, 3.63) is 17.3 Å². The summed E-state index contributed by atoms with van der Waals surface area (Å²) in [6.07, 6.45) is 3.76. The van der Waals surface area contributed by atoms with E-state index in [1.54, 1.807) is 0 Å². The summed E-state index contributed by atoms with van der Waals surface area (Å²) < 4.78 is 26.9. The van der Waals surface area contributed by atoms with Crippen LogP contribution >= 0.6 is 11.6 Å². The summed E-state index contributed by atoms with van der Waals surface area (Å²) in [6, 6.07) is 1.29. The highest BCUT2D eigenvalue weighted by molar-refractivity contribution is 7.89. The molecule has 5 nitrogen and oxygen atoms in total. The van der Waals surface area contributed by atoms with Gasteiger partial charge in [-0.3, -0.25) is 0 Å². The summed E-state index contributed by atoms with van der Waals surface area (Å²) in [4.78, 5) is 3.92. The van der Waals surface area contributed by atoms with Crippen molar-refractivity contribution in [1.82, 2.24) is 9.29 Å². The molecule has 0 aliphatic heterocycles. The molecule has 0 aliphatic rings. The third-order valence-corrected chi connectivity index (χ3v) is 5.55. The molecule has 0 bridgehead atoms. The van der Waals surface area contributed by atoms with Crippen molar-refractivity contribution in [2.75, 3.05) is 12.3 Å². The van der Waals surface area contributed by atoms with Crippen molar-refractivity contribution in [3.8, 4) is 0 Å². The van der Waals surface area contributed by atoms with Gasteiger partial charge in [0.05, 0.1) is 5.02 Å². The van der Waals surface area contributed by atoms with Crippen molar-refractivity contribution in [2.24, 2.45) is 0 Å². The average molecular weight is 320 g/mol. The van der Waals surface area contributed by atoms with Gasteiger partial charge < -0.3 is 5.73 Å². The first kappa shape index (κ1) is 17.2. The summed E-state index contributed by atoms with van der Waals surface area (Å²) in [6.45, 7) is 6.39. The number of anilines is 1. The molecule has 0 saturated heterocycles. The SMILES string of the molecule is CCCCN(C(C)CC)S(=O)(=O)c1cnc(N)c(Cl)c1. The van der Waals surface area contributed by atoms with Crippen LogP contribution < -0.4 is 5.73 Å². The van der Waals surface area contributed by atoms with Crippen molar-refractivity contribution >= 4 is 27.4 Å². The van der Waals surface area contributed by atoms with Crippen LogP contribution in [0.5, 0.6) is 0 Å². The van der Waals surface area contributed by atoms with Gasteiger partial charge in [0.15, 0.2) is 0 Å². The molecule has 2 N–H and O–H groups in total. The number of aromatic nitrogens is 1. The van der Waals surface area contributed by atoms with E-state index in [2.05, 4.69) is 4.98 Å². The zero-order valence-electron chi connectivity index (χ0n) is 12.1. The van der Waals surface area contributed by atoms with E-state index in [4.69, 9.17) is 17.3 Å². The van der Waals surface area contributed by atoms with E-state index in [1.165, 1.54) is 16.6 Å². The fraction of sp³-hybridized carbons (Fsp3) is 0.615. The van der Waals surface area contributed by atoms with Gasteiger partial charge in [0, 0.05) is 18.8 Å². The minimum atomic E-state index is -3.59. The fourth-order valence-corrected chi connectivity index (χ4v) is 3.75. The van der Waals surface area contributed by atoms with Crippen molar-refractivity contribution in [2.45, 2.75) is 51.0 Å². The van der Waals surface area contributed by atoms with Crippen molar-refractivity contribution in [1.29, 1.82) is 0 Å².